The minimum absolute atomic E-state index is 0.110. The smallest absolute Gasteiger partial charge is 0.252 e. The molecule has 5 nitrogen and oxygen atoms in total. The number of hydrogen-bond donors (Lipinski definition) is 2. The van der Waals surface area contributed by atoms with E-state index in [0.717, 1.165) is 16.7 Å². The lowest BCUT2D eigenvalue weighted by Crippen LogP contribution is -2.27. The van der Waals surface area contributed by atoms with Gasteiger partial charge < -0.3 is 5.32 Å². The Morgan fingerprint density at radius 2 is 1.57 bits per heavy atom. The molecule has 3 aromatic rings. The summed E-state index contributed by atoms with van der Waals surface area (Å²) in [7, 11) is -3.89. The lowest BCUT2D eigenvalue weighted by atomic mass is 10.0. The molecule has 144 valence electrons. The highest BCUT2D eigenvalue weighted by molar-refractivity contribution is 9.10. The van der Waals surface area contributed by atoms with Crippen LogP contribution in [0.2, 0.25) is 0 Å². The van der Waals surface area contributed by atoms with E-state index >= 15 is 0 Å². The van der Waals surface area contributed by atoms with Crippen LogP contribution in [0.15, 0.2) is 82.2 Å². The fraction of sp³-hybridized carbons (Fsp3) is 0.0952. The van der Waals surface area contributed by atoms with Crippen molar-refractivity contribution >= 4 is 31.9 Å². The van der Waals surface area contributed by atoms with E-state index in [-0.39, 0.29) is 16.5 Å². The minimum atomic E-state index is -3.89. The molecule has 0 saturated carbocycles. The zero-order valence-electron chi connectivity index (χ0n) is 15.1. The Hall–Kier alpha value is -2.48. The summed E-state index contributed by atoms with van der Waals surface area (Å²) in [5.41, 5.74) is 3.35. The van der Waals surface area contributed by atoms with Gasteiger partial charge in [0.2, 0.25) is 10.0 Å². The van der Waals surface area contributed by atoms with Crippen LogP contribution in [0.25, 0.3) is 11.1 Å². The molecule has 1 unspecified atom stereocenters. The van der Waals surface area contributed by atoms with E-state index in [1.807, 2.05) is 61.5 Å². The SMILES string of the molecule is CC(NC(=O)c1cc(S(N)(=O)=O)ccc1Br)c1ccc(-c2ccccc2)cc1. The monoisotopic (exact) mass is 458 g/mol. The predicted molar refractivity (Wildman–Crippen MR) is 113 cm³/mol. The van der Waals surface area contributed by atoms with Gasteiger partial charge in [-0.15, -0.1) is 0 Å². The summed E-state index contributed by atoms with van der Waals surface area (Å²) in [6, 6.07) is 21.8. The molecule has 0 spiro atoms. The molecule has 7 heteroatoms. The first-order valence-corrected chi connectivity index (χ1v) is 10.9. The number of rotatable bonds is 5. The van der Waals surface area contributed by atoms with Crippen molar-refractivity contribution in [3.8, 4) is 11.1 Å². The molecular weight excluding hydrogens is 440 g/mol. The van der Waals surface area contributed by atoms with Crippen molar-refractivity contribution in [1.82, 2.24) is 5.32 Å². The Labute approximate surface area is 172 Å². The largest absolute Gasteiger partial charge is 0.345 e. The molecule has 28 heavy (non-hydrogen) atoms. The number of halogens is 1. The summed E-state index contributed by atoms with van der Waals surface area (Å²) in [5, 5.41) is 8.04. The molecule has 0 aliphatic carbocycles. The van der Waals surface area contributed by atoms with Crippen LogP contribution in [0.4, 0.5) is 0 Å². The number of nitrogens with one attached hydrogen (secondary N) is 1. The van der Waals surface area contributed by atoms with Gasteiger partial charge in [0, 0.05) is 4.47 Å². The standard InChI is InChI=1S/C21H19BrN2O3S/c1-14(15-7-9-17(10-8-15)16-5-3-2-4-6-16)24-21(25)19-13-18(28(23,26)27)11-12-20(19)22/h2-14H,1H3,(H,24,25)(H2,23,26,27). The number of carbonyl (C=O) groups excluding carboxylic acids is 1. The van der Waals surface area contributed by atoms with Gasteiger partial charge in [0.1, 0.15) is 0 Å². The first-order chi connectivity index (χ1) is 13.3. The van der Waals surface area contributed by atoms with Crippen molar-refractivity contribution in [2.75, 3.05) is 0 Å². The molecule has 3 N–H and O–H groups in total. The van der Waals surface area contributed by atoms with Gasteiger partial charge in [-0.25, -0.2) is 13.6 Å². The summed E-state index contributed by atoms with van der Waals surface area (Å²) < 4.78 is 23.6. The molecule has 0 fully saturated rings. The fourth-order valence-electron chi connectivity index (χ4n) is 2.81. The Morgan fingerprint density at radius 1 is 0.964 bits per heavy atom. The van der Waals surface area contributed by atoms with Crippen molar-refractivity contribution in [3.05, 3.63) is 88.4 Å². The Bertz CT molecular complexity index is 1100. The molecular formula is C21H19BrN2O3S. The second kappa shape index (κ2) is 8.26. The fourth-order valence-corrected chi connectivity index (χ4v) is 3.77. The van der Waals surface area contributed by atoms with Gasteiger partial charge in [-0.2, -0.15) is 0 Å². The second-order valence-electron chi connectivity index (χ2n) is 6.37. The first-order valence-electron chi connectivity index (χ1n) is 8.54. The van der Waals surface area contributed by atoms with Gasteiger partial charge in [0.25, 0.3) is 5.91 Å². The molecule has 1 amide bonds. The maximum atomic E-state index is 12.6. The highest BCUT2D eigenvalue weighted by Gasteiger charge is 2.17. The number of hydrogen-bond acceptors (Lipinski definition) is 3. The Morgan fingerprint density at radius 3 is 2.18 bits per heavy atom. The Balaban J connectivity index is 1.78. The van der Waals surface area contributed by atoms with Gasteiger partial charge in [-0.05, 0) is 57.7 Å². The summed E-state index contributed by atoms with van der Waals surface area (Å²) in [4.78, 5) is 12.5. The number of primary sulfonamides is 1. The molecule has 0 saturated heterocycles. The van der Waals surface area contributed by atoms with Crippen molar-refractivity contribution in [1.29, 1.82) is 0 Å². The third-order valence-electron chi connectivity index (χ3n) is 4.38. The van der Waals surface area contributed by atoms with Gasteiger partial charge in [0.15, 0.2) is 0 Å². The molecule has 0 radical (unpaired) electrons. The third-order valence-corrected chi connectivity index (χ3v) is 5.98. The van der Waals surface area contributed by atoms with E-state index in [0.29, 0.717) is 4.47 Å². The van der Waals surface area contributed by atoms with Crippen LogP contribution in [-0.2, 0) is 10.0 Å². The van der Waals surface area contributed by atoms with Crippen molar-refractivity contribution < 1.29 is 13.2 Å². The number of benzene rings is 3. The normalized spacial score (nSPS) is 12.4. The molecule has 0 aliphatic heterocycles. The number of amides is 1. The van der Waals surface area contributed by atoms with Crippen LogP contribution >= 0.6 is 15.9 Å². The van der Waals surface area contributed by atoms with Gasteiger partial charge in [-0.1, -0.05) is 54.6 Å². The molecule has 1 atom stereocenters. The molecule has 0 heterocycles. The first kappa shape index (κ1) is 20.3. The van der Waals surface area contributed by atoms with E-state index in [4.69, 9.17) is 5.14 Å². The number of nitrogens with two attached hydrogens (primary N) is 1. The number of carbonyl (C=O) groups is 1. The van der Waals surface area contributed by atoms with E-state index in [1.54, 1.807) is 0 Å². The summed E-state index contributed by atoms with van der Waals surface area (Å²) in [6.07, 6.45) is 0. The molecule has 0 bridgehead atoms. The highest BCUT2D eigenvalue weighted by atomic mass is 79.9. The van der Waals surface area contributed by atoms with Crippen molar-refractivity contribution in [2.45, 2.75) is 17.9 Å². The lowest BCUT2D eigenvalue weighted by molar-refractivity contribution is 0.0939. The lowest BCUT2D eigenvalue weighted by Gasteiger charge is -2.16. The molecule has 3 rings (SSSR count). The minimum Gasteiger partial charge on any atom is -0.345 e. The highest BCUT2D eigenvalue weighted by Crippen LogP contribution is 2.24. The van der Waals surface area contributed by atoms with Crippen LogP contribution in [0.5, 0.6) is 0 Å². The van der Waals surface area contributed by atoms with Crippen LogP contribution in [-0.4, -0.2) is 14.3 Å². The van der Waals surface area contributed by atoms with E-state index in [1.165, 1.54) is 18.2 Å². The maximum Gasteiger partial charge on any atom is 0.252 e. The molecule has 0 aliphatic rings. The quantitative estimate of drug-likeness (QED) is 0.598. The second-order valence-corrected chi connectivity index (χ2v) is 8.79. The van der Waals surface area contributed by atoms with Gasteiger partial charge in [0.05, 0.1) is 16.5 Å². The summed E-state index contributed by atoms with van der Waals surface area (Å²) in [6.45, 7) is 1.87. The number of sulfonamides is 1. The van der Waals surface area contributed by atoms with Gasteiger partial charge >= 0.3 is 0 Å². The maximum absolute atomic E-state index is 12.6. The molecule has 0 aromatic heterocycles. The van der Waals surface area contributed by atoms with Crippen molar-refractivity contribution in [3.63, 3.8) is 0 Å². The van der Waals surface area contributed by atoms with E-state index in [2.05, 4.69) is 21.2 Å². The zero-order valence-corrected chi connectivity index (χ0v) is 17.5. The third kappa shape index (κ3) is 4.67. The predicted octanol–water partition coefficient (Wildman–Crippen LogP) is 4.25. The van der Waals surface area contributed by atoms with Gasteiger partial charge in [-0.3, -0.25) is 4.79 Å². The van der Waals surface area contributed by atoms with Crippen LogP contribution in [0.1, 0.15) is 28.9 Å². The topological polar surface area (TPSA) is 89.3 Å². The van der Waals surface area contributed by atoms with Crippen molar-refractivity contribution in [2.24, 2.45) is 5.14 Å². The zero-order chi connectivity index (χ0) is 20.3. The van der Waals surface area contributed by atoms with Crippen LogP contribution < -0.4 is 10.5 Å². The van der Waals surface area contributed by atoms with Crippen LogP contribution in [0, 0.1) is 0 Å². The molecule has 3 aromatic carbocycles. The summed E-state index contributed by atoms with van der Waals surface area (Å²) >= 11 is 3.28. The van der Waals surface area contributed by atoms with E-state index in [9.17, 15) is 13.2 Å². The Kier molecular flexibility index (Phi) is 5.98. The average molecular weight is 459 g/mol. The van der Waals surface area contributed by atoms with E-state index < -0.39 is 15.9 Å². The van der Waals surface area contributed by atoms with Crippen LogP contribution in [0.3, 0.4) is 0 Å². The average Bonchev–Trinajstić information content (AvgIpc) is 2.68. The summed E-state index contributed by atoms with van der Waals surface area (Å²) in [5.74, 6) is -0.392.